The number of benzene rings is 2. The molecule has 0 saturated carbocycles. The largest absolute Gasteiger partial charge is 0.326 e. The van der Waals surface area contributed by atoms with Crippen LogP contribution in [0.2, 0.25) is 10.0 Å². The van der Waals surface area contributed by atoms with Gasteiger partial charge in [-0.1, -0.05) is 29.3 Å². The lowest BCUT2D eigenvalue weighted by atomic mass is 10.1. The molecule has 0 aliphatic rings. The lowest BCUT2D eigenvalue weighted by Gasteiger charge is -2.13. The van der Waals surface area contributed by atoms with Gasteiger partial charge in [0.1, 0.15) is 0 Å². The number of nitrogens with one attached hydrogen (secondary N) is 1. The zero-order chi connectivity index (χ0) is 18.1. The summed E-state index contributed by atoms with van der Waals surface area (Å²) in [5.74, 6) is -0.303. The van der Waals surface area contributed by atoms with Crippen molar-refractivity contribution in [3.05, 3.63) is 57.1 Å². The summed E-state index contributed by atoms with van der Waals surface area (Å²) in [5.41, 5.74) is 2.58. The van der Waals surface area contributed by atoms with Crippen LogP contribution in [-0.2, 0) is 21.2 Å². The number of aryl methyl sites for hydroxylation is 1. The SMILES string of the molecule is Cc1cc(S(N)(=O)=O)cc(NC(=O)Cc2ccc(Cl)c(Cl)c2)c1C. The fraction of sp³-hybridized carbons (Fsp3) is 0.188. The molecule has 0 aliphatic carbocycles. The Labute approximate surface area is 150 Å². The molecule has 2 aromatic carbocycles. The van der Waals surface area contributed by atoms with Gasteiger partial charge in [0.2, 0.25) is 15.9 Å². The van der Waals surface area contributed by atoms with Crippen molar-refractivity contribution in [1.29, 1.82) is 0 Å². The second kappa shape index (κ2) is 7.11. The fourth-order valence-electron chi connectivity index (χ4n) is 2.15. The van der Waals surface area contributed by atoms with Crippen LogP contribution >= 0.6 is 23.2 Å². The van der Waals surface area contributed by atoms with Crippen molar-refractivity contribution in [2.75, 3.05) is 5.32 Å². The number of sulfonamides is 1. The molecule has 0 spiro atoms. The fourth-order valence-corrected chi connectivity index (χ4v) is 3.09. The minimum absolute atomic E-state index is 0.0459. The van der Waals surface area contributed by atoms with E-state index in [1.165, 1.54) is 12.1 Å². The minimum Gasteiger partial charge on any atom is -0.326 e. The average molecular weight is 387 g/mol. The van der Waals surface area contributed by atoms with Crippen LogP contribution in [0.25, 0.3) is 0 Å². The van der Waals surface area contributed by atoms with Gasteiger partial charge in [-0.05, 0) is 54.8 Å². The Balaban J connectivity index is 2.25. The summed E-state index contributed by atoms with van der Waals surface area (Å²) in [6, 6.07) is 7.75. The van der Waals surface area contributed by atoms with Gasteiger partial charge in [-0.3, -0.25) is 4.79 Å². The molecule has 5 nitrogen and oxygen atoms in total. The van der Waals surface area contributed by atoms with Crippen molar-refractivity contribution in [2.45, 2.75) is 25.2 Å². The Hall–Kier alpha value is -1.60. The number of halogens is 2. The summed E-state index contributed by atoms with van der Waals surface area (Å²) in [7, 11) is -3.85. The van der Waals surface area contributed by atoms with Gasteiger partial charge in [-0.2, -0.15) is 0 Å². The first-order valence-electron chi connectivity index (χ1n) is 6.96. The molecular formula is C16H16Cl2N2O3S. The standard InChI is InChI=1S/C16H16Cl2N2O3S/c1-9-5-12(24(19,22)23)8-15(10(9)2)20-16(21)7-11-3-4-13(17)14(18)6-11/h3-6,8H,7H2,1-2H3,(H,20,21)(H2,19,22,23). The highest BCUT2D eigenvalue weighted by atomic mass is 35.5. The Morgan fingerprint density at radius 1 is 1.12 bits per heavy atom. The number of nitrogens with two attached hydrogens (primary N) is 1. The first-order chi connectivity index (χ1) is 11.1. The topological polar surface area (TPSA) is 89.3 Å². The zero-order valence-corrected chi connectivity index (χ0v) is 15.4. The van der Waals surface area contributed by atoms with Crippen molar-refractivity contribution in [2.24, 2.45) is 5.14 Å². The van der Waals surface area contributed by atoms with Crippen molar-refractivity contribution in [3.8, 4) is 0 Å². The highest BCUT2D eigenvalue weighted by Gasteiger charge is 2.14. The molecule has 128 valence electrons. The normalized spacial score (nSPS) is 11.4. The van der Waals surface area contributed by atoms with Gasteiger partial charge in [-0.25, -0.2) is 13.6 Å². The number of anilines is 1. The predicted molar refractivity (Wildman–Crippen MR) is 96.1 cm³/mol. The first-order valence-corrected chi connectivity index (χ1v) is 9.26. The van der Waals surface area contributed by atoms with E-state index in [4.69, 9.17) is 28.3 Å². The quantitative estimate of drug-likeness (QED) is 0.842. The zero-order valence-electron chi connectivity index (χ0n) is 13.1. The maximum absolute atomic E-state index is 12.2. The van der Waals surface area contributed by atoms with Crippen LogP contribution in [0.1, 0.15) is 16.7 Å². The van der Waals surface area contributed by atoms with Crippen LogP contribution in [0.5, 0.6) is 0 Å². The predicted octanol–water partition coefficient (Wildman–Crippen LogP) is 3.44. The summed E-state index contributed by atoms with van der Waals surface area (Å²) in [5, 5.41) is 8.65. The highest BCUT2D eigenvalue weighted by Crippen LogP contribution is 2.25. The van der Waals surface area contributed by atoms with E-state index >= 15 is 0 Å². The lowest BCUT2D eigenvalue weighted by molar-refractivity contribution is -0.115. The first kappa shape index (κ1) is 18.7. The highest BCUT2D eigenvalue weighted by molar-refractivity contribution is 7.89. The number of carbonyl (C=O) groups excluding carboxylic acids is 1. The van der Waals surface area contributed by atoms with Crippen LogP contribution < -0.4 is 10.5 Å². The number of hydrogen-bond donors (Lipinski definition) is 2. The minimum atomic E-state index is -3.85. The van der Waals surface area contributed by atoms with Crippen molar-refractivity contribution in [3.63, 3.8) is 0 Å². The number of hydrogen-bond acceptors (Lipinski definition) is 3. The van der Waals surface area contributed by atoms with Gasteiger partial charge in [-0.15, -0.1) is 0 Å². The summed E-state index contributed by atoms with van der Waals surface area (Å²) >= 11 is 11.8. The molecule has 24 heavy (non-hydrogen) atoms. The number of carbonyl (C=O) groups is 1. The second-order valence-electron chi connectivity index (χ2n) is 5.43. The molecule has 1 amide bonds. The average Bonchev–Trinajstić information content (AvgIpc) is 2.46. The molecule has 0 heterocycles. The molecule has 0 bridgehead atoms. The van der Waals surface area contributed by atoms with E-state index < -0.39 is 10.0 Å². The number of primary sulfonamides is 1. The van der Waals surface area contributed by atoms with E-state index in [9.17, 15) is 13.2 Å². The Kier molecular flexibility index (Phi) is 5.55. The van der Waals surface area contributed by atoms with Crippen LogP contribution in [0.3, 0.4) is 0 Å². The van der Waals surface area contributed by atoms with Gasteiger partial charge < -0.3 is 5.32 Å². The molecular weight excluding hydrogens is 371 g/mol. The van der Waals surface area contributed by atoms with Crippen LogP contribution in [0.4, 0.5) is 5.69 Å². The molecule has 8 heteroatoms. The molecule has 0 fully saturated rings. The van der Waals surface area contributed by atoms with E-state index in [0.717, 1.165) is 5.56 Å². The van der Waals surface area contributed by atoms with Gasteiger partial charge in [0.15, 0.2) is 0 Å². The Morgan fingerprint density at radius 3 is 2.38 bits per heavy atom. The summed E-state index contributed by atoms with van der Waals surface area (Å²) in [6.45, 7) is 3.54. The monoisotopic (exact) mass is 386 g/mol. The number of amides is 1. The van der Waals surface area contributed by atoms with Crippen LogP contribution in [0, 0.1) is 13.8 Å². The van der Waals surface area contributed by atoms with E-state index in [2.05, 4.69) is 5.32 Å². The third kappa shape index (κ3) is 4.48. The van der Waals surface area contributed by atoms with E-state index in [1.807, 2.05) is 0 Å². The molecule has 2 rings (SSSR count). The third-order valence-electron chi connectivity index (χ3n) is 3.59. The summed E-state index contributed by atoms with van der Waals surface area (Å²) in [6.07, 6.45) is 0.0784. The van der Waals surface area contributed by atoms with Crippen molar-refractivity contribution < 1.29 is 13.2 Å². The molecule has 2 aromatic rings. The van der Waals surface area contributed by atoms with Gasteiger partial charge in [0.25, 0.3) is 0 Å². The third-order valence-corrected chi connectivity index (χ3v) is 5.22. The maximum atomic E-state index is 12.2. The van der Waals surface area contributed by atoms with E-state index in [1.54, 1.807) is 32.0 Å². The molecule has 0 aromatic heterocycles. The second-order valence-corrected chi connectivity index (χ2v) is 7.81. The smallest absolute Gasteiger partial charge is 0.238 e. The molecule has 0 radical (unpaired) electrons. The van der Waals surface area contributed by atoms with Crippen molar-refractivity contribution in [1.82, 2.24) is 0 Å². The van der Waals surface area contributed by atoms with E-state index in [0.29, 0.717) is 26.9 Å². The maximum Gasteiger partial charge on any atom is 0.238 e. The molecule has 3 N–H and O–H groups in total. The summed E-state index contributed by atoms with van der Waals surface area (Å²) in [4.78, 5) is 12.2. The molecule has 0 atom stereocenters. The Morgan fingerprint density at radius 2 is 1.79 bits per heavy atom. The van der Waals surface area contributed by atoms with Gasteiger partial charge >= 0.3 is 0 Å². The number of rotatable bonds is 4. The lowest BCUT2D eigenvalue weighted by Crippen LogP contribution is -2.17. The van der Waals surface area contributed by atoms with Crippen LogP contribution in [-0.4, -0.2) is 14.3 Å². The Bertz CT molecular complexity index is 912. The van der Waals surface area contributed by atoms with E-state index in [-0.39, 0.29) is 17.2 Å². The van der Waals surface area contributed by atoms with Gasteiger partial charge in [0.05, 0.1) is 21.4 Å². The molecule has 0 unspecified atom stereocenters. The molecule has 0 aliphatic heterocycles. The summed E-state index contributed by atoms with van der Waals surface area (Å²) < 4.78 is 23.1. The van der Waals surface area contributed by atoms with Crippen LogP contribution in [0.15, 0.2) is 35.2 Å². The van der Waals surface area contributed by atoms with Crippen molar-refractivity contribution >= 4 is 44.8 Å². The van der Waals surface area contributed by atoms with Gasteiger partial charge in [0, 0.05) is 5.69 Å². The molecule has 0 saturated heterocycles.